The van der Waals surface area contributed by atoms with Crippen molar-refractivity contribution in [2.75, 3.05) is 0 Å². The van der Waals surface area contributed by atoms with E-state index in [2.05, 4.69) is 9.59 Å². The van der Waals surface area contributed by atoms with Crippen molar-refractivity contribution in [2.24, 2.45) is 5.73 Å². The molecule has 0 saturated carbocycles. The number of rotatable bonds is 2. The smallest absolute Gasteiger partial charge is 0.0858 e. The largest absolute Gasteiger partial charge is 0.374 e. The number of hydrogen-bond acceptors (Lipinski definition) is 5. The number of nitrogens with zero attached hydrogens (tertiary/aromatic N) is 2. The average Bonchev–Trinajstić information content (AvgIpc) is 2.92. The Bertz CT molecular complexity index is 341. The standard InChI is InChI=1S/C9H13N3OS/c10-4-8-9(11-12-14-8)6-3-5-1-2-7(6)13-5/h5-7H,1-4,10H2. The van der Waals surface area contributed by atoms with Crippen LogP contribution in [0, 0.1) is 0 Å². The third-order valence-electron chi connectivity index (χ3n) is 3.23. The first kappa shape index (κ1) is 8.76. The van der Waals surface area contributed by atoms with Gasteiger partial charge in [0.15, 0.2) is 0 Å². The van der Waals surface area contributed by atoms with Crippen molar-refractivity contribution in [3.63, 3.8) is 0 Å². The van der Waals surface area contributed by atoms with Crippen LogP contribution in [-0.2, 0) is 11.3 Å². The lowest BCUT2D eigenvalue weighted by molar-refractivity contribution is 0.100. The molecule has 5 heteroatoms. The molecule has 0 radical (unpaired) electrons. The zero-order valence-electron chi connectivity index (χ0n) is 7.85. The van der Waals surface area contributed by atoms with E-state index in [0.717, 1.165) is 17.0 Å². The van der Waals surface area contributed by atoms with E-state index in [4.69, 9.17) is 10.5 Å². The first-order valence-corrected chi connectivity index (χ1v) is 5.82. The highest BCUT2D eigenvalue weighted by Gasteiger charge is 2.43. The number of nitrogens with two attached hydrogens (primary N) is 1. The molecule has 1 aromatic rings. The highest BCUT2D eigenvalue weighted by molar-refractivity contribution is 7.05. The summed E-state index contributed by atoms with van der Waals surface area (Å²) in [5.41, 5.74) is 6.75. The van der Waals surface area contributed by atoms with Crippen molar-refractivity contribution in [3.05, 3.63) is 10.6 Å². The maximum absolute atomic E-state index is 5.80. The van der Waals surface area contributed by atoms with Crippen molar-refractivity contribution in [1.82, 2.24) is 9.59 Å². The molecule has 1 aromatic heterocycles. The fourth-order valence-corrected chi connectivity index (χ4v) is 3.15. The normalized spacial score (nSPS) is 35.4. The lowest BCUT2D eigenvalue weighted by atomic mass is 9.86. The number of hydrogen-bond donors (Lipinski definition) is 1. The summed E-state index contributed by atoms with van der Waals surface area (Å²) >= 11 is 1.42. The minimum Gasteiger partial charge on any atom is -0.374 e. The topological polar surface area (TPSA) is 61.0 Å². The van der Waals surface area contributed by atoms with E-state index in [1.54, 1.807) is 0 Å². The Morgan fingerprint density at radius 3 is 3.07 bits per heavy atom. The molecule has 2 aliphatic heterocycles. The second-order valence-electron chi connectivity index (χ2n) is 4.00. The van der Waals surface area contributed by atoms with Gasteiger partial charge in [-0.15, -0.1) is 5.10 Å². The van der Waals surface area contributed by atoms with E-state index >= 15 is 0 Å². The van der Waals surface area contributed by atoms with Gasteiger partial charge < -0.3 is 10.5 Å². The molecule has 2 fully saturated rings. The van der Waals surface area contributed by atoms with E-state index in [-0.39, 0.29) is 0 Å². The Hall–Kier alpha value is -0.520. The highest BCUT2D eigenvalue weighted by atomic mass is 32.1. The SMILES string of the molecule is NCc1snnc1C1CC2CCC1O2. The molecule has 2 N–H and O–H groups in total. The molecule has 76 valence electrons. The zero-order valence-corrected chi connectivity index (χ0v) is 8.67. The molecule has 14 heavy (non-hydrogen) atoms. The van der Waals surface area contributed by atoms with Gasteiger partial charge in [0.25, 0.3) is 0 Å². The Balaban J connectivity index is 1.89. The summed E-state index contributed by atoms with van der Waals surface area (Å²) in [5, 5.41) is 4.20. The fourth-order valence-electron chi connectivity index (χ4n) is 2.56. The van der Waals surface area contributed by atoms with Crippen LogP contribution in [0.3, 0.4) is 0 Å². The molecule has 0 spiro atoms. The molecule has 2 saturated heterocycles. The van der Waals surface area contributed by atoms with Crippen LogP contribution in [0.25, 0.3) is 0 Å². The average molecular weight is 211 g/mol. The van der Waals surface area contributed by atoms with Gasteiger partial charge in [-0.1, -0.05) is 4.49 Å². The Labute approximate surface area is 86.6 Å². The summed E-state index contributed by atoms with van der Waals surface area (Å²) in [6.07, 6.45) is 4.36. The van der Waals surface area contributed by atoms with Crippen LogP contribution < -0.4 is 5.73 Å². The summed E-state index contributed by atoms with van der Waals surface area (Å²) in [7, 11) is 0. The van der Waals surface area contributed by atoms with Crippen molar-refractivity contribution in [3.8, 4) is 0 Å². The first-order chi connectivity index (χ1) is 6.88. The first-order valence-electron chi connectivity index (χ1n) is 5.05. The van der Waals surface area contributed by atoms with E-state index in [9.17, 15) is 0 Å². The monoisotopic (exact) mass is 211 g/mol. The summed E-state index contributed by atoms with van der Waals surface area (Å²) in [6.45, 7) is 0.556. The van der Waals surface area contributed by atoms with E-state index in [0.29, 0.717) is 24.7 Å². The summed E-state index contributed by atoms with van der Waals surface area (Å²) in [5.74, 6) is 0.464. The van der Waals surface area contributed by atoms with E-state index < -0.39 is 0 Å². The zero-order chi connectivity index (χ0) is 9.54. The summed E-state index contributed by atoms with van der Waals surface area (Å²) in [4.78, 5) is 1.13. The number of aromatic nitrogens is 2. The van der Waals surface area contributed by atoms with Gasteiger partial charge in [-0.3, -0.25) is 0 Å². The molecule has 3 unspecified atom stereocenters. The molecule has 2 aliphatic rings. The minimum absolute atomic E-state index is 0.384. The third-order valence-corrected chi connectivity index (χ3v) is 3.99. The second-order valence-corrected chi connectivity index (χ2v) is 4.84. The second kappa shape index (κ2) is 3.25. The highest BCUT2D eigenvalue weighted by Crippen LogP contribution is 2.44. The van der Waals surface area contributed by atoms with Crippen molar-refractivity contribution in [1.29, 1.82) is 0 Å². The van der Waals surface area contributed by atoms with Crippen LogP contribution in [0.5, 0.6) is 0 Å². The predicted molar refractivity (Wildman–Crippen MR) is 53.1 cm³/mol. The molecule has 0 amide bonds. The molecule has 3 heterocycles. The van der Waals surface area contributed by atoms with Crippen molar-refractivity contribution >= 4 is 11.5 Å². The van der Waals surface area contributed by atoms with Crippen LogP contribution >= 0.6 is 11.5 Å². The predicted octanol–water partition coefficient (Wildman–Crippen LogP) is 1.03. The Kier molecular flexibility index (Phi) is 2.04. The van der Waals surface area contributed by atoms with Crippen LogP contribution in [0.15, 0.2) is 0 Å². The summed E-state index contributed by atoms with van der Waals surface area (Å²) in [6, 6.07) is 0. The molecule has 2 bridgehead atoms. The molecule has 4 nitrogen and oxygen atoms in total. The van der Waals surface area contributed by atoms with Crippen LogP contribution in [0.1, 0.15) is 35.8 Å². The van der Waals surface area contributed by atoms with Gasteiger partial charge in [0.2, 0.25) is 0 Å². The Morgan fingerprint density at radius 2 is 2.43 bits per heavy atom. The lowest BCUT2D eigenvalue weighted by Gasteiger charge is -2.16. The minimum atomic E-state index is 0.384. The molecule has 0 aromatic carbocycles. The quantitative estimate of drug-likeness (QED) is 0.793. The maximum Gasteiger partial charge on any atom is 0.0858 e. The number of fused-ring (bicyclic) bond motifs is 2. The van der Waals surface area contributed by atoms with Gasteiger partial charge >= 0.3 is 0 Å². The third kappa shape index (κ3) is 1.20. The maximum atomic E-state index is 5.80. The van der Waals surface area contributed by atoms with E-state index in [1.165, 1.54) is 24.4 Å². The van der Waals surface area contributed by atoms with Crippen molar-refractivity contribution < 1.29 is 4.74 Å². The van der Waals surface area contributed by atoms with Crippen LogP contribution in [-0.4, -0.2) is 21.8 Å². The van der Waals surface area contributed by atoms with Gasteiger partial charge in [-0.25, -0.2) is 0 Å². The van der Waals surface area contributed by atoms with Gasteiger partial charge in [0.1, 0.15) is 0 Å². The van der Waals surface area contributed by atoms with Gasteiger partial charge in [-0.05, 0) is 30.8 Å². The molecule has 0 aliphatic carbocycles. The molecular formula is C9H13N3OS. The van der Waals surface area contributed by atoms with Gasteiger partial charge in [0, 0.05) is 12.5 Å². The Morgan fingerprint density at radius 1 is 1.50 bits per heavy atom. The molecule has 3 atom stereocenters. The van der Waals surface area contributed by atoms with E-state index in [1.807, 2.05) is 0 Å². The summed E-state index contributed by atoms with van der Waals surface area (Å²) < 4.78 is 9.78. The lowest BCUT2D eigenvalue weighted by Crippen LogP contribution is -2.16. The van der Waals surface area contributed by atoms with Gasteiger partial charge in [0.05, 0.1) is 22.8 Å². The van der Waals surface area contributed by atoms with Gasteiger partial charge in [-0.2, -0.15) is 0 Å². The molecule has 3 rings (SSSR count). The van der Waals surface area contributed by atoms with Crippen molar-refractivity contribution in [2.45, 2.75) is 43.9 Å². The fraction of sp³-hybridized carbons (Fsp3) is 0.778. The van der Waals surface area contributed by atoms with Crippen LogP contribution in [0.2, 0.25) is 0 Å². The number of ether oxygens (including phenoxy) is 1. The molecular weight excluding hydrogens is 198 g/mol. The van der Waals surface area contributed by atoms with Crippen LogP contribution in [0.4, 0.5) is 0 Å².